The van der Waals surface area contributed by atoms with Crippen LogP contribution in [-0.4, -0.2) is 40.4 Å². The molecule has 0 amide bonds. The summed E-state index contributed by atoms with van der Waals surface area (Å²) in [6.07, 6.45) is 3.88. The van der Waals surface area contributed by atoms with Crippen LogP contribution in [0.25, 0.3) is 0 Å². The maximum atomic E-state index is 6.11. The van der Waals surface area contributed by atoms with E-state index >= 15 is 0 Å². The third kappa shape index (κ3) is 6.56. The Bertz CT molecular complexity index is 847. The second-order valence-corrected chi connectivity index (χ2v) is 7.09. The van der Waals surface area contributed by atoms with Crippen molar-refractivity contribution in [3.05, 3.63) is 47.5 Å². The largest absolute Gasteiger partial charge is 0.493 e. The Morgan fingerprint density at radius 1 is 0.935 bits per heavy atom. The van der Waals surface area contributed by atoms with Crippen LogP contribution in [0, 0.1) is 0 Å². The molecule has 31 heavy (non-hydrogen) atoms. The molecular weight excluding hydrogens is 509 g/mol. The second kappa shape index (κ2) is 12.5. The lowest BCUT2D eigenvalue weighted by atomic mass is 9.96. The Hall–Kier alpha value is -2.36. The molecule has 2 aromatic rings. The number of aliphatic imine (C=N–C) groups is 1. The third-order valence-electron chi connectivity index (χ3n) is 5.17. The van der Waals surface area contributed by atoms with E-state index in [1.54, 1.807) is 28.4 Å². The van der Waals surface area contributed by atoms with Crippen LogP contribution in [0.3, 0.4) is 0 Å². The van der Waals surface area contributed by atoms with Gasteiger partial charge in [-0.3, -0.25) is 4.99 Å². The summed E-state index contributed by atoms with van der Waals surface area (Å²) in [5, 5.41) is 6.68. The van der Waals surface area contributed by atoms with Crippen molar-refractivity contribution in [3.63, 3.8) is 0 Å². The monoisotopic (exact) mass is 541 g/mol. The van der Waals surface area contributed by atoms with Crippen LogP contribution in [0.4, 0.5) is 0 Å². The van der Waals surface area contributed by atoms with Crippen molar-refractivity contribution in [1.29, 1.82) is 0 Å². The first-order chi connectivity index (χ1) is 14.7. The lowest BCUT2D eigenvalue weighted by Gasteiger charge is -2.27. The topological polar surface area (TPSA) is 73.3 Å². The number of para-hydroxylation sites is 1. The molecule has 170 valence electrons. The summed E-state index contributed by atoms with van der Waals surface area (Å²) in [5.74, 6) is 3.46. The first-order valence-electron chi connectivity index (χ1n) is 10.2. The van der Waals surface area contributed by atoms with Crippen LogP contribution in [0.1, 0.15) is 30.4 Å². The Balaban J connectivity index is 0.00000341. The standard InChI is InChI=1S/C23H31N3O4.HI/c1-24-23(25-14-16-12-20(27-2)22(29-4)21(13-16)28-3)26-15-17-8-5-6-11-19(17)30-18-9-7-10-18;/h5-6,8,11-13,18H,7,9-10,14-15H2,1-4H3,(H2,24,25,26);1H. The molecule has 0 heterocycles. The molecule has 0 atom stereocenters. The molecule has 2 N–H and O–H groups in total. The summed E-state index contributed by atoms with van der Waals surface area (Å²) in [6, 6.07) is 12.0. The number of guanidine groups is 1. The zero-order chi connectivity index (χ0) is 21.3. The van der Waals surface area contributed by atoms with Gasteiger partial charge in [-0.25, -0.2) is 0 Å². The summed E-state index contributed by atoms with van der Waals surface area (Å²) in [4.78, 5) is 4.32. The van der Waals surface area contributed by atoms with E-state index in [9.17, 15) is 0 Å². The molecule has 3 rings (SSSR count). The average molecular weight is 541 g/mol. The zero-order valence-corrected chi connectivity index (χ0v) is 20.9. The molecule has 0 aromatic heterocycles. The van der Waals surface area contributed by atoms with Gasteiger partial charge in [0, 0.05) is 25.7 Å². The maximum absolute atomic E-state index is 6.11. The van der Waals surface area contributed by atoms with Crippen LogP contribution in [0.5, 0.6) is 23.0 Å². The fraction of sp³-hybridized carbons (Fsp3) is 0.435. The molecule has 0 unspecified atom stereocenters. The molecule has 7 nitrogen and oxygen atoms in total. The summed E-state index contributed by atoms with van der Waals surface area (Å²) in [6.45, 7) is 1.18. The minimum absolute atomic E-state index is 0. The molecule has 0 bridgehead atoms. The molecule has 0 radical (unpaired) electrons. The summed E-state index contributed by atoms with van der Waals surface area (Å²) >= 11 is 0. The first-order valence-corrected chi connectivity index (χ1v) is 10.2. The highest BCUT2D eigenvalue weighted by Crippen LogP contribution is 2.38. The molecular formula is C23H32IN3O4. The molecule has 0 aliphatic heterocycles. The number of hydrogen-bond acceptors (Lipinski definition) is 5. The minimum atomic E-state index is 0. The quantitative estimate of drug-likeness (QED) is 0.283. The molecule has 1 aliphatic carbocycles. The number of benzene rings is 2. The Morgan fingerprint density at radius 2 is 1.58 bits per heavy atom. The average Bonchev–Trinajstić information content (AvgIpc) is 2.76. The smallest absolute Gasteiger partial charge is 0.203 e. The summed E-state index contributed by atoms with van der Waals surface area (Å²) in [7, 11) is 6.56. The number of halogens is 1. The molecule has 1 aliphatic rings. The van der Waals surface area contributed by atoms with Crippen molar-refractivity contribution in [2.75, 3.05) is 28.4 Å². The maximum Gasteiger partial charge on any atom is 0.203 e. The second-order valence-electron chi connectivity index (χ2n) is 7.09. The van der Waals surface area contributed by atoms with Gasteiger partial charge in [0.15, 0.2) is 17.5 Å². The van der Waals surface area contributed by atoms with Gasteiger partial charge in [0.05, 0.1) is 27.4 Å². The van der Waals surface area contributed by atoms with Gasteiger partial charge in [0.25, 0.3) is 0 Å². The van der Waals surface area contributed by atoms with Crippen molar-refractivity contribution < 1.29 is 18.9 Å². The minimum Gasteiger partial charge on any atom is -0.493 e. The predicted octanol–water partition coefficient (Wildman–Crippen LogP) is 4.13. The van der Waals surface area contributed by atoms with E-state index in [1.807, 2.05) is 30.3 Å². The molecule has 1 saturated carbocycles. The van der Waals surface area contributed by atoms with E-state index in [0.717, 1.165) is 29.7 Å². The van der Waals surface area contributed by atoms with Gasteiger partial charge >= 0.3 is 0 Å². The molecule has 2 aromatic carbocycles. The van der Waals surface area contributed by atoms with Crippen LogP contribution < -0.4 is 29.6 Å². The SMILES string of the molecule is CN=C(NCc1cc(OC)c(OC)c(OC)c1)NCc1ccccc1OC1CCC1.I. The van der Waals surface area contributed by atoms with E-state index < -0.39 is 0 Å². The molecule has 0 spiro atoms. The van der Waals surface area contributed by atoms with Crippen molar-refractivity contribution in [3.8, 4) is 23.0 Å². The number of rotatable bonds is 9. The van der Waals surface area contributed by atoms with Crippen LogP contribution >= 0.6 is 24.0 Å². The van der Waals surface area contributed by atoms with Crippen LogP contribution in [0.2, 0.25) is 0 Å². The van der Waals surface area contributed by atoms with E-state index in [2.05, 4.69) is 21.7 Å². The highest BCUT2D eigenvalue weighted by atomic mass is 127. The van der Waals surface area contributed by atoms with Gasteiger partial charge in [-0.15, -0.1) is 24.0 Å². The van der Waals surface area contributed by atoms with E-state index in [-0.39, 0.29) is 24.0 Å². The molecule has 8 heteroatoms. The van der Waals surface area contributed by atoms with Crippen LogP contribution in [0.15, 0.2) is 41.4 Å². The fourth-order valence-corrected chi connectivity index (χ4v) is 3.26. The first kappa shape index (κ1) is 24.9. The molecule has 0 saturated heterocycles. The van der Waals surface area contributed by atoms with E-state index in [0.29, 0.717) is 42.4 Å². The van der Waals surface area contributed by atoms with Crippen LogP contribution in [-0.2, 0) is 13.1 Å². The lowest BCUT2D eigenvalue weighted by Crippen LogP contribution is -2.36. The predicted molar refractivity (Wildman–Crippen MR) is 133 cm³/mol. The number of methoxy groups -OCH3 is 3. The Morgan fingerprint density at radius 3 is 2.13 bits per heavy atom. The highest BCUT2D eigenvalue weighted by Gasteiger charge is 2.20. The zero-order valence-electron chi connectivity index (χ0n) is 18.6. The van der Waals surface area contributed by atoms with Gasteiger partial charge in [0.2, 0.25) is 5.75 Å². The van der Waals surface area contributed by atoms with Crippen molar-refractivity contribution >= 4 is 29.9 Å². The van der Waals surface area contributed by atoms with Gasteiger partial charge in [-0.1, -0.05) is 18.2 Å². The fourth-order valence-electron chi connectivity index (χ4n) is 3.26. The van der Waals surface area contributed by atoms with Gasteiger partial charge in [-0.2, -0.15) is 0 Å². The third-order valence-corrected chi connectivity index (χ3v) is 5.17. The lowest BCUT2D eigenvalue weighted by molar-refractivity contribution is 0.119. The van der Waals surface area contributed by atoms with Crippen molar-refractivity contribution in [1.82, 2.24) is 10.6 Å². The number of ether oxygens (including phenoxy) is 4. The highest BCUT2D eigenvalue weighted by molar-refractivity contribution is 14.0. The summed E-state index contributed by atoms with van der Waals surface area (Å²) < 4.78 is 22.3. The number of nitrogens with one attached hydrogen (secondary N) is 2. The van der Waals surface area contributed by atoms with Gasteiger partial charge in [-0.05, 0) is 43.0 Å². The normalized spacial score (nSPS) is 13.5. The van der Waals surface area contributed by atoms with E-state index in [4.69, 9.17) is 18.9 Å². The number of nitrogens with zero attached hydrogens (tertiary/aromatic N) is 1. The van der Waals surface area contributed by atoms with Crippen molar-refractivity contribution in [2.45, 2.75) is 38.5 Å². The van der Waals surface area contributed by atoms with Gasteiger partial charge < -0.3 is 29.6 Å². The Labute approximate surface area is 201 Å². The Kier molecular flexibility index (Phi) is 10.0. The number of hydrogen-bond donors (Lipinski definition) is 2. The van der Waals surface area contributed by atoms with Crippen molar-refractivity contribution in [2.24, 2.45) is 4.99 Å². The van der Waals surface area contributed by atoms with Gasteiger partial charge in [0.1, 0.15) is 5.75 Å². The summed E-state index contributed by atoms with van der Waals surface area (Å²) in [5.41, 5.74) is 2.10. The van der Waals surface area contributed by atoms with E-state index in [1.165, 1.54) is 6.42 Å². The molecule has 1 fully saturated rings.